The third-order valence-electron chi connectivity index (χ3n) is 11.2. The minimum Gasteiger partial charge on any atom is -0.488 e. The Morgan fingerprint density at radius 3 is 1.40 bits per heavy atom. The van der Waals surface area contributed by atoms with E-state index >= 15 is 0 Å². The van der Waals surface area contributed by atoms with Crippen molar-refractivity contribution in [2.75, 3.05) is 6.61 Å². The molecule has 0 amide bonds. The standard InChI is InChI=1S/C27H23ClF3NO3.C25H19ClF3NO3/c1-2-34-26(33)19-12-18(14-32-15-19)22-4-3-5-23(22)24-13-20(27(29,30)31)8-11-25(24)35-16-17-6-9-21(28)10-7-17;26-19-7-4-15(5-8-19)14-33-23-9-6-18(25(27,28)29)11-22(23)21-3-1-2-20(21)16-10-17(24(31)32)13-30-12-16/h6-15H,2-5,16H2,1H3;4-13H,1-3,14H2,(H,31,32). The number of aromatic carboxylic acids is 1. The van der Waals surface area contributed by atoms with Gasteiger partial charge in [-0.25, -0.2) is 9.59 Å². The van der Waals surface area contributed by atoms with Crippen LogP contribution in [0.3, 0.4) is 0 Å². The fraction of sp³-hybridized carbons (Fsp3) is 0.231. The highest BCUT2D eigenvalue weighted by atomic mass is 35.5. The summed E-state index contributed by atoms with van der Waals surface area (Å²) in [4.78, 5) is 31.7. The number of carboxylic acids is 1. The summed E-state index contributed by atoms with van der Waals surface area (Å²) in [6.45, 7) is 2.29. The van der Waals surface area contributed by atoms with Crippen molar-refractivity contribution < 1.29 is 55.2 Å². The second kappa shape index (κ2) is 21.5. The van der Waals surface area contributed by atoms with Gasteiger partial charge in [-0.1, -0.05) is 47.5 Å². The molecular weight excluding hydrogens is 933 g/mol. The summed E-state index contributed by atoms with van der Waals surface area (Å²) < 4.78 is 98.2. The summed E-state index contributed by atoms with van der Waals surface area (Å²) in [6.07, 6.45) is 0.692. The minimum absolute atomic E-state index is 0.0227. The normalized spacial score (nSPS) is 13.8. The highest BCUT2D eigenvalue weighted by Gasteiger charge is 2.34. The number of benzene rings is 4. The lowest BCUT2D eigenvalue weighted by Gasteiger charge is -2.17. The number of halogens is 8. The van der Waals surface area contributed by atoms with Gasteiger partial charge < -0.3 is 19.3 Å². The molecule has 4 aromatic carbocycles. The summed E-state index contributed by atoms with van der Waals surface area (Å²) in [5.41, 5.74) is 5.57. The van der Waals surface area contributed by atoms with Gasteiger partial charge in [-0.05, 0) is 163 Å². The number of aromatic nitrogens is 2. The molecule has 0 unspecified atom stereocenters. The fourth-order valence-corrected chi connectivity index (χ4v) is 8.24. The highest BCUT2D eigenvalue weighted by Crippen LogP contribution is 2.46. The molecule has 0 saturated carbocycles. The summed E-state index contributed by atoms with van der Waals surface area (Å²) in [5.74, 6) is -0.921. The molecule has 0 fully saturated rings. The maximum absolute atomic E-state index is 13.6. The monoisotopic (exact) mass is 974 g/mol. The average molecular weight is 976 g/mol. The van der Waals surface area contributed by atoms with Gasteiger partial charge in [0.15, 0.2) is 0 Å². The van der Waals surface area contributed by atoms with Crippen LogP contribution in [0.5, 0.6) is 11.5 Å². The van der Waals surface area contributed by atoms with Gasteiger partial charge >= 0.3 is 24.3 Å². The Bertz CT molecular complexity index is 2860. The number of allylic oxidation sites excluding steroid dienone is 4. The second-order valence-electron chi connectivity index (χ2n) is 15.8. The zero-order valence-corrected chi connectivity index (χ0v) is 37.8. The van der Waals surface area contributed by atoms with Crippen LogP contribution in [-0.2, 0) is 30.3 Å². The maximum Gasteiger partial charge on any atom is 0.416 e. The van der Waals surface area contributed by atoms with E-state index in [1.165, 1.54) is 36.8 Å². The summed E-state index contributed by atoms with van der Waals surface area (Å²) in [7, 11) is 0. The Kier molecular flexibility index (Phi) is 15.6. The molecule has 352 valence electrons. The SMILES string of the molecule is CCOC(=O)c1cncc(C2=C(c3cc(C(F)(F)F)ccc3OCc3ccc(Cl)cc3)CCC2)c1.O=C(O)c1cncc(C2=C(c3cc(C(F)(F)F)ccc3OCc3ccc(Cl)cc3)CCC2)c1. The van der Waals surface area contributed by atoms with Gasteiger partial charge in [0.2, 0.25) is 0 Å². The molecular formula is C52H42Cl2F6N2O6. The molecule has 16 heteroatoms. The van der Waals surface area contributed by atoms with Crippen molar-refractivity contribution in [3.63, 3.8) is 0 Å². The highest BCUT2D eigenvalue weighted by molar-refractivity contribution is 6.30. The molecule has 68 heavy (non-hydrogen) atoms. The molecule has 0 aliphatic heterocycles. The number of carbonyl (C=O) groups is 2. The number of esters is 1. The van der Waals surface area contributed by atoms with Crippen LogP contribution in [0.2, 0.25) is 10.0 Å². The van der Waals surface area contributed by atoms with Gasteiger partial charge in [0.25, 0.3) is 0 Å². The zero-order valence-electron chi connectivity index (χ0n) is 36.3. The number of carboxylic acid groups (broad SMARTS) is 1. The summed E-state index contributed by atoms with van der Waals surface area (Å²) in [6, 6.07) is 24.2. The van der Waals surface area contributed by atoms with Gasteiger partial charge in [-0.3, -0.25) is 9.97 Å². The van der Waals surface area contributed by atoms with E-state index in [0.717, 1.165) is 65.0 Å². The van der Waals surface area contributed by atoms with Crippen molar-refractivity contribution in [3.05, 3.63) is 188 Å². The number of hydrogen-bond donors (Lipinski definition) is 1. The molecule has 8 nitrogen and oxygen atoms in total. The van der Waals surface area contributed by atoms with Crippen LogP contribution in [0, 0.1) is 0 Å². The molecule has 0 saturated heterocycles. The Morgan fingerprint density at radius 2 is 0.985 bits per heavy atom. The van der Waals surface area contributed by atoms with E-state index in [0.29, 0.717) is 80.6 Å². The first kappa shape index (κ1) is 49.3. The quantitative estimate of drug-likeness (QED) is 0.0901. The molecule has 0 bridgehead atoms. The van der Waals surface area contributed by atoms with Crippen LogP contribution in [0.15, 0.2) is 122 Å². The summed E-state index contributed by atoms with van der Waals surface area (Å²) in [5, 5.41) is 10.5. The van der Waals surface area contributed by atoms with E-state index in [9.17, 15) is 41.0 Å². The van der Waals surface area contributed by atoms with E-state index in [-0.39, 0.29) is 25.4 Å². The number of hydrogen-bond acceptors (Lipinski definition) is 7. The molecule has 2 aliphatic carbocycles. The van der Waals surface area contributed by atoms with E-state index in [4.69, 9.17) is 37.4 Å². The third kappa shape index (κ3) is 12.3. The van der Waals surface area contributed by atoms with Crippen molar-refractivity contribution >= 4 is 57.4 Å². The van der Waals surface area contributed by atoms with Crippen molar-refractivity contribution in [2.45, 2.75) is 71.0 Å². The number of alkyl halides is 6. The van der Waals surface area contributed by atoms with E-state index in [1.54, 1.807) is 67.7 Å². The van der Waals surface area contributed by atoms with Crippen LogP contribution in [0.1, 0.15) is 111 Å². The molecule has 0 atom stereocenters. The largest absolute Gasteiger partial charge is 0.488 e. The molecule has 6 aromatic rings. The lowest BCUT2D eigenvalue weighted by Crippen LogP contribution is -2.07. The molecule has 0 spiro atoms. The first-order valence-electron chi connectivity index (χ1n) is 21.4. The topological polar surface area (TPSA) is 108 Å². The van der Waals surface area contributed by atoms with Gasteiger partial charge in [-0.15, -0.1) is 0 Å². The Labute approximate surface area is 397 Å². The van der Waals surface area contributed by atoms with Gasteiger partial charge in [-0.2, -0.15) is 26.3 Å². The summed E-state index contributed by atoms with van der Waals surface area (Å²) >= 11 is 11.8. The Hall–Kier alpha value is -6.64. The molecule has 2 aliphatic rings. The van der Waals surface area contributed by atoms with Gasteiger partial charge in [0.05, 0.1) is 28.9 Å². The van der Waals surface area contributed by atoms with Crippen LogP contribution in [-0.4, -0.2) is 33.6 Å². The zero-order chi connectivity index (χ0) is 48.6. The lowest BCUT2D eigenvalue weighted by molar-refractivity contribution is -0.138. The Morgan fingerprint density at radius 1 is 0.574 bits per heavy atom. The number of rotatable bonds is 13. The van der Waals surface area contributed by atoms with Crippen LogP contribution >= 0.6 is 23.2 Å². The fourth-order valence-electron chi connectivity index (χ4n) is 7.99. The molecule has 0 radical (unpaired) electrons. The minimum atomic E-state index is -4.51. The molecule has 8 rings (SSSR count). The number of carbonyl (C=O) groups excluding carboxylic acids is 1. The molecule has 2 aromatic heterocycles. The molecule has 1 N–H and O–H groups in total. The van der Waals surface area contributed by atoms with Crippen LogP contribution < -0.4 is 9.47 Å². The smallest absolute Gasteiger partial charge is 0.416 e. The van der Waals surface area contributed by atoms with Crippen LogP contribution in [0.25, 0.3) is 22.3 Å². The number of ether oxygens (including phenoxy) is 3. The number of pyridine rings is 2. The molecule has 2 heterocycles. The first-order valence-corrected chi connectivity index (χ1v) is 22.2. The van der Waals surface area contributed by atoms with Crippen molar-refractivity contribution in [2.24, 2.45) is 0 Å². The Balaban J connectivity index is 0.000000202. The van der Waals surface area contributed by atoms with Crippen molar-refractivity contribution in [3.8, 4) is 11.5 Å². The lowest BCUT2D eigenvalue weighted by atomic mass is 9.95. The first-order chi connectivity index (χ1) is 32.5. The average Bonchev–Trinajstić information content (AvgIpc) is 4.02. The predicted molar refractivity (Wildman–Crippen MR) is 247 cm³/mol. The van der Waals surface area contributed by atoms with E-state index < -0.39 is 35.4 Å². The van der Waals surface area contributed by atoms with E-state index in [1.807, 2.05) is 0 Å². The van der Waals surface area contributed by atoms with Crippen LogP contribution in [0.4, 0.5) is 26.3 Å². The van der Waals surface area contributed by atoms with Gasteiger partial charge in [0, 0.05) is 46.0 Å². The third-order valence-corrected chi connectivity index (χ3v) is 11.8. The van der Waals surface area contributed by atoms with E-state index in [2.05, 4.69) is 9.97 Å². The van der Waals surface area contributed by atoms with Crippen molar-refractivity contribution in [1.82, 2.24) is 9.97 Å². The van der Waals surface area contributed by atoms with Crippen molar-refractivity contribution in [1.29, 1.82) is 0 Å². The van der Waals surface area contributed by atoms with Gasteiger partial charge in [0.1, 0.15) is 24.7 Å². The number of nitrogens with zero attached hydrogens (tertiary/aromatic N) is 2. The second-order valence-corrected chi connectivity index (χ2v) is 16.7. The predicted octanol–water partition coefficient (Wildman–Crippen LogP) is 14.7. The maximum atomic E-state index is 13.6.